The van der Waals surface area contributed by atoms with Crippen LogP contribution in [0.2, 0.25) is 0 Å². The average molecular weight is 956 g/mol. The number of phenols is 1. The highest BCUT2D eigenvalue weighted by atomic mass is 32.1. The van der Waals surface area contributed by atoms with Crippen molar-refractivity contribution in [3.63, 3.8) is 0 Å². The average Bonchev–Trinajstić information content (AvgIpc) is 3.96. The van der Waals surface area contributed by atoms with Gasteiger partial charge in [-0.1, -0.05) is 120 Å². The highest BCUT2D eigenvalue weighted by Gasteiger charge is 2.44. The molecule has 1 aliphatic carbocycles. The van der Waals surface area contributed by atoms with Crippen molar-refractivity contribution in [2.45, 2.75) is 135 Å². The van der Waals surface area contributed by atoms with Gasteiger partial charge >= 0.3 is 0 Å². The van der Waals surface area contributed by atoms with Crippen molar-refractivity contribution in [3.8, 4) is 21.9 Å². The number of amides is 3. The molecule has 11 nitrogen and oxygen atoms in total. The largest absolute Gasteiger partial charge is 0.508 e. The van der Waals surface area contributed by atoms with Crippen LogP contribution in [0.3, 0.4) is 0 Å². The maximum Gasteiger partial charge on any atom is 0.246 e. The van der Waals surface area contributed by atoms with Gasteiger partial charge in [0.2, 0.25) is 17.7 Å². The van der Waals surface area contributed by atoms with E-state index in [0.717, 1.165) is 92.0 Å². The van der Waals surface area contributed by atoms with Crippen LogP contribution in [0.1, 0.15) is 137 Å². The van der Waals surface area contributed by atoms with Gasteiger partial charge in [-0.2, -0.15) is 0 Å². The molecule has 5 aromatic rings. The summed E-state index contributed by atoms with van der Waals surface area (Å²) in [6.07, 6.45) is 6.38. The molecular weight excluding hydrogens is 883 g/mol. The number of benzene rings is 4. The number of hydrogen-bond acceptors (Lipinski definition) is 9. The van der Waals surface area contributed by atoms with Crippen molar-refractivity contribution < 1.29 is 29.3 Å². The fraction of sp³-hybridized carbons (Fsp3) is 0.474. The Balaban J connectivity index is 0.811. The molecule has 0 radical (unpaired) electrons. The fourth-order valence-electron chi connectivity index (χ4n) is 10.2. The lowest BCUT2D eigenvalue weighted by Crippen LogP contribution is -2.57. The van der Waals surface area contributed by atoms with E-state index in [1.54, 1.807) is 11.3 Å². The van der Waals surface area contributed by atoms with Crippen LogP contribution >= 0.6 is 11.3 Å². The summed E-state index contributed by atoms with van der Waals surface area (Å²) in [5, 5.41) is 27.0. The van der Waals surface area contributed by atoms with Gasteiger partial charge in [0.25, 0.3) is 0 Å². The number of ether oxygens (including phenoxy) is 1. The molecule has 4 aromatic carbocycles. The van der Waals surface area contributed by atoms with Crippen molar-refractivity contribution in [1.29, 1.82) is 0 Å². The Kier molecular flexibility index (Phi) is 17.7. The molecule has 0 saturated carbocycles. The predicted molar refractivity (Wildman–Crippen MR) is 276 cm³/mol. The zero-order chi connectivity index (χ0) is 49.1. The van der Waals surface area contributed by atoms with Crippen molar-refractivity contribution in [3.05, 3.63) is 136 Å². The third-order valence-electron chi connectivity index (χ3n) is 14.1. The second-order valence-electron chi connectivity index (χ2n) is 20.2. The van der Waals surface area contributed by atoms with E-state index in [1.165, 1.54) is 27.2 Å². The number of likely N-dealkylation sites (tertiary alicyclic amines) is 1. The van der Waals surface area contributed by atoms with Gasteiger partial charge in [0.15, 0.2) is 0 Å². The summed E-state index contributed by atoms with van der Waals surface area (Å²) < 4.78 is 6.25. The fourth-order valence-corrected chi connectivity index (χ4v) is 11.0. The molecule has 12 heteroatoms. The minimum Gasteiger partial charge on any atom is -0.508 e. The summed E-state index contributed by atoms with van der Waals surface area (Å²) in [6, 6.07) is 31.2. The number of likely N-dealkylation sites (N-methyl/N-ethyl adjacent to an activating group) is 1. The molecule has 2 aliphatic rings. The maximum atomic E-state index is 14.1. The number of aromatic hydroxyl groups is 1. The SMILES string of the molecule is CCN(CCCCCCCC(=O)NC(C(=O)N1C[C@H](O)C[C@H]1C(=O)N[C@@H](C)c1ccc(-c2scnc2C)cc1)C(C)(C)C)CCOc1ccc([C@@H]2c3ccc(O)cc3CC[C@@H]2c2ccccc2)cc1. The number of thiazole rings is 1. The number of β-amino-alcohol motifs (C(OH)–C–C–N with tert-alkyl or cyclic N) is 1. The first-order valence-corrected chi connectivity index (χ1v) is 26.0. The summed E-state index contributed by atoms with van der Waals surface area (Å²) in [5.41, 5.74) is 9.30. The van der Waals surface area contributed by atoms with E-state index in [9.17, 15) is 24.6 Å². The van der Waals surface area contributed by atoms with Gasteiger partial charge in [-0.3, -0.25) is 14.4 Å². The van der Waals surface area contributed by atoms with Crippen LogP contribution < -0.4 is 15.4 Å². The zero-order valence-corrected chi connectivity index (χ0v) is 42.3. The first-order valence-electron chi connectivity index (χ1n) is 25.1. The third-order valence-corrected chi connectivity index (χ3v) is 15.1. The lowest BCUT2D eigenvalue weighted by atomic mass is 9.69. The number of unbranched alkanes of at least 4 members (excludes halogenated alkanes) is 4. The zero-order valence-electron chi connectivity index (χ0n) is 41.5. The normalized spacial score (nSPS) is 18.9. The number of nitrogens with zero attached hydrogens (tertiary/aromatic N) is 3. The molecule has 0 bridgehead atoms. The van der Waals surface area contributed by atoms with Gasteiger partial charge in [0, 0.05) is 31.8 Å². The molecule has 7 rings (SSSR count). The van der Waals surface area contributed by atoms with Gasteiger partial charge in [-0.25, -0.2) is 4.98 Å². The molecule has 4 N–H and O–H groups in total. The number of carbonyl (C=O) groups is 3. The minimum atomic E-state index is -0.849. The van der Waals surface area contributed by atoms with Crippen LogP contribution in [-0.4, -0.2) is 93.7 Å². The maximum absolute atomic E-state index is 14.1. The molecule has 1 unspecified atom stereocenters. The van der Waals surface area contributed by atoms with Crippen LogP contribution in [0.25, 0.3) is 10.4 Å². The molecule has 1 saturated heterocycles. The van der Waals surface area contributed by atoms with E-state index in [4.69, 9.17) is 4.74 Å². The number of aliphatic hydroxyl groups is 1. The van der Waals surface area contributed by atoms with Crippen LogP contribution in [0.15, 0.2) is 103 Å². The highest BCUT2D eigenvalue weighted by molar-refractivity contribution is 7.13. The van der Waals surface area contributed by atoms with E-state index < -0.39 is 23.6 Å². The predicted octanol–water partition coefficient (Wildman–Crippen LogP) is 10.1. The van der Waals surface area contributed by atoms with Crippen molar-refractivity contribution >= 4 is 29.1 Å². The molecule has 6 atom stereocenters. The van der Waals surface area contributed by atoms with Crippen LogP contribution in [0.4, 0.5) is 0 Å². The molecule has 1 aliphatic heterocycles. The lowest BCUT2D eigenvalue weighted by molar-refractivity contribution is -0.144. The van der Waals surface area contributed by atoms with Crippen LogP contribution in [0, 0.1) is 12.3 Å². The summed E-state index contributed by atoms with van der Waals surface area (Å²) in [6.45, 7) is 15.2. The number of phenolic OH excluding ortho intramolecular Hbond substituents is 1. The number of aryl methyl sites for hydroxylation is 2. The highest BCUT2D eigenvalue weighted by Crippen LogP contribution is 2.47. The summed E-state index contributed by atoms with van der Waals surface area (Å²) >= 11 is 1.59. The Labute approximate surface area is 413 Å². The van der Waals surface area contributed by atoms with Crippen LogP contribution in [-0.2, 0) is 20.8 Å². The van der Waals surface area contributed by atoms with Gasteiger partial charge in [-0.15, -0.1) is 11.3 Å². The molecule has 2 heterocycles. The van der Waals surface area contributed by atoms with Gasteiger partial charge < -0.3 is 35.4 Å². The second kappa shape index (κ2) is 23.8. The molecular formula is C57H73N5O6S. The molecule has 0 spiro atoms. The third kappa shape index (κ3) is 13.4. The van der Waals surface area contributed by atoms with Gasteiger partial charge in [0.1, 0.15) is 30.2 Å². The molecule has 1 aromatic heterocycles. The Morgan fingerprint density at radius 3 is 2.32 bits per heavy atom. The van der Waals surface area contributed by atoms with Gasteiger partial charge in [-0.05, 0) is 122 Å². The molecule has 1 fully saturated rings. The van der Waals surface area contributed by atoms with Gasteiger partial charge in [0.05, 0.1) is 28.2 Å². The Morgan fingerprint density at radius 1 is 0.899 bits per heavy atom. The number of aromatic nitrogens is 1. The van der Waals surface area contributed by atoms with E-state index in [0.29, 0.717) is 24.7 Å². The monoisotopic (exact) mass is 956 g/mol. The summed E-state index contributed by atoms with van der Waals surface area (Å²) in [5.74, 6) is 0.886. The quantitative estimate of drug-likeness (QED) is 0.0533. The van der Waals surface area contributed by atoms with E-state index in [2.05, 4.69) is 88.1 Å². The topological polar surface area (TPSA) is 144 Å². The van der Waals surface area contributed by atoms with E-state index in [1.807, 2.05) is 76.5 Å². The standard InChI is InChI=1S/C57H73N5O6S/c1-7-61(32-33-68-47-27-23-42(24-28-47)52-48(41-16-12-11-13-17-41)29-25-44-34-45(63)26-30-49(44)52)31-15-10-8-9-14-18-51(65)60-54(57(4,5)6)56(67)62-36-46(64)35-50(62)55(66)59-38(2)40-19-21-43(22-20-40)53-39(3)58-37-69-53/h11-13,16-17,19-24,26-28,30,34,37-38,46,48,50,52,54,63-64H,7-10,14-15,18,25,29,31-33,35-36H2,1-6H3,(H,59,66)(H,60,65)/t38-,46+,48+,50-,52-,54?/m0/s1. The second-order valence-corrected chi connectivity index (χ2v) is 21.0. The summed E-state index contributed by atoms with van der Waals surface area (Å²) in [7, 11) is 0. The molecule has 69 heavy (non-hydrogen) atoms. The molecule has 3 amide bonds. The number of aliphatic hydroxyl groups excluding tert-OH is 1. The van der Waals surface area contributed by atoms with E-state index >= 15 is 0 Å². The minimum absolute atomic E-state index is 0.0356. The number of carbonyl (C=O) groups excluding carboxylic acids is 3. The smallest absolute Gasteiger partial charge is 0.246 e. The van der Waals surface area contributed by atoms with Crippen molar-refractivity contribution in [2.24, 2.45) is 5.41 Å². The van der Waals surface area contributed by atoms with E-state index in [-0.39, 0.29) is 42.6 Å². The number of hydrogen-bond donors (Lipinski definition) is 4. The first kappa shape index (κ1) is 51.3. The van der Waals surface area contributed by atoms with Crippen molar-refractivity contribution in [1.82, 2.24) is 25.4 Å². The Hall–Kier alpha value is -5.56. The number of fused-ring (bicyclic) bond motifs is 1. The molecule has 368 valence electrons. The Bertz CT molecular complexity index is 2450. The number of rotatable bonds is 21. The van der Waals surface area contributed by atoms with Crippen LogP contribution in [0.5, 0.6) is 11.5 Å². The van der Waals surface area contributed by atoms with Crippen molar-refractivity contribution in [2.75, 3.05) is 32.8 Å². The number of nitrogens with one attached hydrogen (secondary N) is 2. The lowest BCUT2D eigenvalue weighted by Gasteiger charge is -2.35. The first-order chi connectivity index (χ1) is 33.2. The summed E-state index contributed by atoms with van der Waals surface area (Å²) in [4.78, 5) is 50.5. The Morgan fingerprint density at radius 2 is 1.62 bits per heavy atom.